The number of carbonyl (C=O) groups excluding carboxylic acids is 1. The van der Waals surface area contributed by atoms with Crippen LogP contribution in [0.2, 0.25) is 5.22 Å². The molecule has 0 unspecified atom stereocenters. The van der Waals surface area contributed by atoms with Crippen LogP contribution in [0.25, 0.3) is 0 Å². The fourth-order valence-corrected chi connectivity index (χ4v) is 2.11. The topological polar surface area (TPSA) is 33.5 Å². The first-order chi connectivity index (χ1) is 9.18. The highest BCUT2D eigenvalue weighted by Gasteiger charge is 2.16. The lowest BCUT2D eigenvalue weighted by atomic mass is 10.1. The second kappa shape index (κ2) is 6.43. The minimum atomic E-state index is -0.105. The van der Waals surface area contributed by atoms with Crippen molar-refractivity contribution in [1.82, 2.24) is 4.90 Å². The summed E-state index contributed by atoms with van der Waals surface area (Å²) in [6, 6.07) is 11.8. The number of benzene rings is 1. The van der Waals surface area contributed by atoms with Crippen LogP contribution in [-0.2, 0) is 6.42 Å². The lowest BCUT2D eigenvalue weighted by molar-refractivity contribution is 0.0793. The summed E-state index contributed by atoms with van der Waals surface area (Å²) in [5, 5.41) is 0.153. The smallest absolute Gasteiger partial charge is 0.258 e. The van der Waals surface area contributed by atoms with Crippen molar-refractivity contribution in [3.8, 4) is 0 Å². The summed E-state index contributed by atoms with van der Waals surface area (Å²) in [6.45, 7) is 0.690. The molecule has 1 aromatic carbocycles. The van der Waals surface area contributed by atoms with Crippen molar-refractivity contribution in [2.75, 3.05) is 13.6 Å². The van der Waals surface area contributed by atoms with Gasteiger partial charge in [0.15, 0.2) is 0 Å². The number of hydrogen-bond donors (Lipinski definition) is 0. The molecule has 0 radical (unpaired) electrons. The van der Waals surface area contributed by atoms with E-state index in [9.17, 15) is 4.79 Å². The first-order valence-electron chi connectivity index (χ1n) is 6.21. The molecule has 2 aromatic rings. The molecule has 0 aliphatic heterocycles. The molecule has 19 heavy (non-hydrogen) atoms. The number of amides is 1. The van der Waals surface area contributed by atoms with Crippen LogP contribution in [-0.4, -0.2) is 24.4 Å². The standard InChI is InChI=1S/C15H16ClNO2/c1-17(15(18)13-9-11-19-14(13)16)10-5-8-12-6-3-2-4-7-12/h2-4,6-7,9,11H,5,8,10H2,1H3. The van der Waals surface area contributed by atoms with Gasteiger partial charge in [0.05, 0.1) is 11.8 Å². The molecular formula is C15H16ClNO2. The van der Waals surface area contributed by atoms with Gasteiger partial charge in [-0.1, -0.05) is 30.3 Å². The van der Waals surface area contributed by atoms with E-state index in [1.807, 2.05) is 18.2 Å². The first-order valence-corrected chi connectivity index (χ1v) is 6.58. The highest BCUT2D eigenvalue weighted by Crippen LogP contribution is 2.18. The van der Waals surface area contributed by atoms with Crippen molar-refractivity contribution in [3.63, 3.8) is 0 Å². The fourth-order valence-electron chi connectivity index (χ4n) is 1.92. The molecule has 0 saturated heterocycles. The third-order valence-electron chi connectivity index (χ3n) is 3.00. The van der Waals surface area contributed by atoms with Crippen LogP contribution in [0.4, 0.5) is 0 Å². The number of halogens is 1. The molecule has 1 heterocycles. The molecule has 3 nitrogen and oxygen atoms in total. The number of carbonyl (C=O) groups is 1. The minimum Gasteiger partial charge on any atom is -0.452 e. The highest BCUT2D eigenvalue weighted by atomic mass is 35.5. The highest BCUT2D eigenvalue weighted by molar-refractivity contribution is 6.32. The molecular weight excluding hydrogens is 262 g/mol. The predicted molar refractivity (Wildman–Crippen MR) is 75.4 cm³/mol. The molecule has 0 atom stereocenters. The molecule has 2 rings (SSSR count). The second-order valence-corrected chi connectivity index (χ2v) is 4.77. The van der Waals surface area contributed by atoms with Crippen molar-refractivity contribution in [3.05, 3.63) is 59.0 Å². The lowest BCUT2D eigenvalue weighted by Gasteiger charge is -2.16. The van der Waals surface area contributed by atoms with Crippen LogP contribution in [0, 0.1) is 0 Å². The number of hydrogen-bond acceptors (Lipinski definition) is 2. The van der Waals surface area contributed by atoms with E-state index in [1.54, 1.807) is 18.0 Å². The Kier molecular flexibility index (Phi) is 4.63. The molecule has 0 aliphatic carbocycles. The van der Waals surface area contributed by atoms with E-state index >= 15 is 0 Å². The number of nitrogens with zero attached hydrogens (tertiary/aromatic N) is 1. The number of rotatable bonds is 5. The third kappa shape index (κ3) is 3.61. The molecule has 0 aliphatic rings. The van der Waals surface area contributed by atoms with Crippen LogP contribution in [0.3, 0.4) is 0 Å². The quantitative estimate of drug-likeness (QED) is 0.836. The van der Waals surface area contributed by atoms with Gasteiger partial charge in [0, 0.05) is 13.6 Å². The molecule has 0 spiro atoms. The Hall–Kier alpha value is -1.74. The molecule has 4 heteroatoms. The summed E-state index contributed by atoms with van der Waals surface area (Å²) in [6.07, 6.45) is 3.30. The van der Waals surface area contributed by atoms with Gasteiger partial charge >= 0.3 is 0 Å². The Morgan fingerprint density at radius 2 is 2.00 bits per heavy atom. The van der Waals surface area contributed by atoms with Crippen LogP contribution in [0.1, 0.15) is 22.3 Å². The van der Waals surface area contributed by atoms with Crippen LogP contribution in [0.15, 0.2) is 47.1 Å². The van der Waals surface area contributed by atoms with Gasteiger partial charge < -0.3 is 9.32 Å². The SMILES string of the molecule is CN(CCCc1ccccc1)C(=O)c1ccoc1Cl. The Balaban J connectivity index is 1.83. The fraction of sp³-hybridized carbons (Fsp3) is 0.267. The second-order valence-electron chi connectivity index (χ2n) is 4.42. The average Bonchev–Trinajstić information content (AvgIpc) is 2.85. The average molecular weight is 278 g/mol. The van der Waals surface area contributed by atoms with Crippen LogP contribution >= 0.6 is 11.6 Å². The predicted octanol–water partition coefficient (Wildman–Crippen LogP) is 3.64. The summed E-state index contributed by atoms with van der Waals surface area (Å²) in [5.74, 6) is -0.105. The van der Waals surface area contributed by atoms with E-state index < -0.39 is 0 Å². The maximum Gasteiger partial charge on any atom is 0.258 e. The number of aryl methyl sites for hydroxylation is 1. The Morgan fingerprint density at radius 3 is 2.63 bits per heavy atom. The van der Waals surface area contributed by atoms with Crippen LogP contribution in [0.5, 0.6) is 0 Å². The van der Waals surface area contributed by atoms with E-state index in [2.05, 4.69) is 12.1 Å². The summed E-state index contributed by atoms with van der Waals surface area (Å²) in [7, 11) is 1.77. The van der Waals surface area contributed by atoms with Crippen molar-refractivity contribution in [1.29, 1.82) is 0 Å². The lowest BCUT2D eigenvalue weighted by Crippen LogP contribution is -2.27. The molecule has 0 saturated carbocycles. The van der Waals surface area contributed by atoms with Gasteiger partial charge in [-0.2, -0.15) is 0 Å². The Morgan fingerprint density at radius 1 is 1.26 bits per heavy atom. The largest absolute Gasteiger partial charge is 0.452 e. The van der Waals surface area contributed by atoms with Gasteiger partial charge in [0.1, 0.15) is 0 Å². The zero-order valence-electron chi connectivity index (χ0n) is 10.8. The van der Waals surface area contributed by atoms with Gasteiger partial charge in [0.2, 0.25) is 5.22 Å². The van der Waals surface area contributed by atoms with Crippen molar-refractivity contribution >= 4 is 17.5 Å². The number of furan rings is 1. The van der Waals surface area contributed by atoms with Gasteiger partial charge in [0.25, 0.3) is 5.91 Å². The van der Waals surface area contributed by atoms with Gasteiger partial charge in [-0.25, -0.2) is 0 Å². The van der Waals surface area contributed by atoms with Crippen molar-refractivity contribution in [2.24, 2.45) is 0 Å². The molecule has 0 N–H and O–H groups in total. The Bertz CT molecular complexity index is 536. The Labute approximate surface area is 117 Å². The van der Waals surface area contributed by atoms with E-state index in [4.69, 9.17) is 16.0 Å². The summed E-state index contributed by atoms with van der Waals surface area (Å²) in [5.41, 5.74) is 1.70. The van der Waals surface area contributed by atoms with Gasteiger partial charge in [-0.3, -0.25) is 4.79 Å². The van der Waals surface area contributed by atoms with E-state index in [0.717, 1.165) is 12.8 Å². The summed E-state index contributed by atoms with van der Waals surface area (Å²) < 4.78 is 4.93. The zero-order valence-corrected chi connectivity index (χ0v) is 11.6. The minimum absolute atomic E-state index is 0.105. The molecule has 100 valence electrons. The molecule has 1 aromatic heterocycles. The molecule has 0 bridgehead atoms. The zero-order chi connectivity index (χ0) is 13.7. The maximum absolute atomic E-state index is 12.1. The summed E-state index contributed by atoms with van der Waals surface area (Å²) >= 11 is 5.79. The summed E-state index contributed by atoms with van der Waals surface area (Å²) in [4.78, 5) is 13.7. The maximum atomic E-state index is 12.1. The van der Waals surface area contributed by atoms with Gasteiger partial charge in [-0.15, -0.1) is 0 Å². The third-order valence-corrected chi connectivity index (χ3v) is 3.29. The van der Waals surface area contributed by atoms with Gasteiger partial charge in [-0.05, 0) is 36.1 Å². The molecule has 0 fully saturated rings. The van der Waals surface area contributed by atoms with E-state index in [0.29, 0.717) is 12.1 Å². The first kappa shape index (κ1) is 13.7. The monoisotopic (exact) mass is 277 g/mol. The van der Waals surface area contributed by atoms with Crippen LogP contribution < -0.4 is 0 Å². The van der Waals surface area contributed by atoms with Crippen molar-refractivity contribution in [2.45, 2.75) is 12.8 Å². The van der Waals surface area contributed by atoms with E-state index in [-0.39, 0.29) is 11.1 Å². The van der Waals surface area contributed by atoms with E-state index in [1.165, 1.54) is 11.8 Å². The molecule has 1 amide bonds. The van der Waals surface area contributed by atoms with Crippen molar-refractivity contribution < 1.29 is 9.21 Å². The normalized spacial score (nSPS) is 10.4.